The van der Waals surface area contributed by atoms with Gasteiger partial charge in [0.1, 0.15) is 5.82 Å². The Bertz CT molecular complexity index is 720. The average molecular weight is 338 g/mol. The Labute approximate surface area is 135 Å². The van der Waals surface area contributed by atoms with E-state index in [9.17, 15) is 14.0 Å². The highest BCUT2D eigenvalue weighted by Crippen LogP contribution is 2.30. The van der Waals surface area contributed by atoms with Crippen LogP contribution in [0.5, 0.6) is 0 Å². The molecule has 0 fully saturated rings. The molecule has 1 heterocycles. The molecule has 9 heteroatoms. The standard InChI is InChI=1S/C14H15FN4O3S/c1-7(2)10(11(20)17-13(16)21)23-14-19-18-12(22-14)8-5-3-4-6-9(8)15/h3-7,10H,1-2H3,(H3,16,17,20,21)/t10-/m0/s1. The van der Waals surface area contributed by atoms with E-state index >= 15 is 0 Å². The summed E-state index contributed by atoms with van der Waals surface area (Å²) in [4.78, 5) is 22.8. The summed E-state index contributed by atoms with van der Waals surface area (Å²) in [6.07, 6.45) is 0. The van der Waals surface area contributed by atoms with Gasteiger partial charge in [0.15, 0.2) is 0 Å². The van der Waals surface area contributed by atoms with Gasteiger partial charge < -0.3 is 10.2 Å². The Morgan fingerprint density at radius 3 is 2.61 bits per heavy atom. The second kappa shape index (κ2) is 7.23. The van der Waals surface area contributed by atoms with Gasteiger partial charge in [-0.3, -0.25) is 10.1 Å². The number of imide groups is 1. The fourth-order valence-corrected chi connectivity index (χ4v) is 2.66. The van der Waals surface area contributed by atoms with Crippen molar-refractivity contribution in [2.45, 2.75) is 24.3 Å². The monoisotopic (exact) mass is 338 g/mol. The molecule has 3 N–H and O–H groups in total. The SMILES string of the molecule is CC(C)[C@H](Sc1nnc(-c2ccccc2F)o1)C(=O)NC(N)=O. The molecule has 0 saturated carbocycles. The van der Waals surface area contributed by atoms with Crippen LogP contribution in [-0.2, 0) is 4.79 Å². The average Bonchev–Trinajstić information content (AvgIpc) is 2.92. The van der Waals surface area contributed by atoms with Gasteiger partial charge >= 0.3 is 6.03 Å². The second-order valence-corrected chi connectivity index (χ2v) is 6.08. The Balaban J connectivity index is 2.18. The first kappa shape index (κ1) is 16.9. The zero-order chi connectivity index (χ0) is 17.0. The number of urea groups is 1. The molecule has 0 aliphatic rings. The smallest absolute Gasteiger partial charge is 0.318 e. The van der Waals surface area contributed by atoms with E-state index in [0.717, 1.165) is 11.8 Å². The highest BCUT2D eigenvalue weighted by Gasteiger charge is 2.27. The molecule has 0 spiro atoms. The molecule has 7 nitrogen and oxygen atoms in total. The number of carbonyl (C=O) groups is 2. The van der Waals surface area contributed by atoms with Crippen molar-refractivity contribution in [3.05, 3.63) is 30.1 Å². The van der Waals surface area contributed by atoms with Gasteiger partial charge in [-0.2, -0.15) is 0 Å². The molecule has 1 atom stereocenters. The molecule has 3 amide bonds. The summed E-state index contributed by atoms with van der Waals surface area (Å²) < 4.78 is 19.1. The molecule has 1 aromatic carbocycles. The normalized spacial score (nSPS) is 12.2. The lowest BCUT2D eigenvalue weighted by atomic mass is 10.1. The van der Waals surface area contributed by atoms with Gasteiger partial charge in [-0.1, -0.05) is 37.7 Å². The third-order valence-corrected chi connectivity index (χ3v) is 4.23. The van der Waals surface area contributed by atoms with Crippen LogP contribution in [0.2, 0.25) is 0 Å². The molecule has 0 aliphatic carbocycles. The lowest BCUT2D eigenvalue weighted by Gasteiger charge is -2.16. The van der Waals surface area contributed by atoms with Crippen molar-refractivity contribution >= 4 is 23.7 Å². The van der Waals surface area contributed by atoms with Gasteiger partial charge in [-0.15, -0.1) is 10.2 Å². The van der Waals surface area contributed by atoms with Crippen molar-refractivity contribution in [2.75, 3.05) is 0 Å². The summed E-state index contributed by atoms with van der Waals surface area (Å²) in [6.45, 7) is 3.60. The van der Waals surface area contributed by atoms with Gasteiger partial charge in [0.2, 0.25) is 5.91 Å². The molecule has 0 bridgehead atoms. The molecule has 23 heavy (non-hydrogen) atoms. The van der Waals surface area contributed by atoms with E-state index in [1.165, 1.54) is 12.1 Å². The molecule has 2 aromatic rings. The number of thioether (sulfide) groups is 1. The van der Waals surface area contributed by atoms with E-state index in [1.54, 1.807) is 26.0 Å². The fourth-order valence-electron chi connectivity index (χ4n) is 1.79. The molecule has 2 rings (SSSR count). The predicted molar refractivity (Wildman–Crippen MR) is 81.9 cm³/mol. The van der Waals surface area contributed by atoms with Crippen LogP contribution >= 0.6 is 11.8 Å². The maximum absolute atomic E-state index is 13.7. The van der Waals surface area contributed by atoms with Gasteiger partial charge in [-0.25, -0.2) is 9.18 Å². The topological polar surface area (TPSA) is 111 Å². The number of hydrogen-bond donors (Lipinski definition) is 2. The molecular formula is C14H15FN4O3S. The van der Waals surface area contributed by atoms with Crippen LogP contribution in [0.25, 0.3) is 11.5 Å². The number of primary amides is 1. The molecule has 122 valence electrons. The highest BCUT2D eigenvalue weighted by atomic mass is 32.2. The number of nitrogens with one attached hydrogen (secondary N) is 1. The summed E-state index contributed by atoms with van der Waals surface area (Å²) in [5.41, 5.74) is 5.12. The first-order valence-corrected chi connectivity index (χ1v) is 7.61. The number of amides is 3. The van der Waals surface area contributed by atoms with E-state index in [0.29, 0.717) is 0 Å². The summed E-state index contributed by atoms with van der Waals surface area (Å²) in [7, 11) is 0. The van der Waals surface area contributed by atoms with E-state index < -0.39 is 23.0 Å². The maximum atomic E-state index is 13.7. The van der Waals surface area contributed by atoms with E-state index in [2.05, 4.69) is 10.2 Å². The number of nitrogens with zero attached hydrogens (tertiary/aromatic N) is 2. The van der Waals surface area contributed by atoms with Crippen LogP contribution in [-0.4, -0.2) is 27.4 Å². The van der Waals surface area contributed by atoms with Crippen molar-refractivity contribution < 1.29 is 18.4 Å². The van der Waals surface area contributed by atoms with Gasteiger partial charge in [0.25, 0.3) is 11.1 Å². The molecular weight excluding hydrogens is 323 g/mol. The number of hydrogen-bond acceptors (Lipinski definition) is 6. The van der Waals surface area contributed by atoms with Crippen LogP contribution in [0, 0.1) is 11.7 Å². The number of benzene rings is 1. The lowest BCUT2D eigenvalue weighted by molar-refractivity contribution is -0.120. The first-order valence-electron chi connectivity index (χ1n) is 6.74. The number of aromatic nitrogens is 2. The highest BCUT2D eigenvalue weighted by molar-refractivity contribution is 8.00. The predicted octanol–water partition coefficient (Wildman–Crippen LogP) is 2.19. The van der Waals surface area contributed by atoms with Crippen LogP contribution in [0.1, 0.15) is 13.8 Å². The summed E-state index contributed by atoms with van der Waals surface area (Å²) in [5.74, 6) is -1.14. The van der Waals surface area contributed by atoms with Crippen LogP contribution in [0.4, 0.5) is 9.18 Å². The number of carbonyl (C=O) groups excluding carboxylic acids is 2. The van der Waals surface area contributed by atoms with E-state index in [-0.39, 0.29) is 22.6 Å². The number of nitrogens with two attached hydrogens (primary N) is 1. The maximum Gasteiger partial charge on any atom is 0.318 e. The Morgan fingerprint density at radius 2 is 2.00 bits per heavy atom. The summed E-state index contributed by atoms with van der Waals surface area (Å²) >= 11 is 0.986. The van der Waals surface area contributed by atoms with Crippen LogP contribution in [0.15, 0.2) is 33.9 Å². The fraction of sp³-hybridized carbons (Fsp3) is 0.286. The van der Waals surface area contributed by atoms with Crippen molar-refractivity contribution in [1.82, 2.24) is 15.5 Å². The zero-order valence-corrected chi connectivity index (χ0v) is 13.3. The third-order valence-electron chi connectivity index (χ3n) is 2.85. The van der Waals surface area contributed by atoms with Gasteiger partial charge in [-0.05, 0) is 18.1 Å². The summed E-state index contributed by atoms with van der Waals surface area (Å²) in [6, 6.07) is 5.06. The quantitative estimate of drug-likeness (QED) is 0.808. The molecule has 0 radical (unpaired) electrons. The van der Waals surface area contributed by atoms with Crippen molar-refractivity contribution in [3.63, 3.8) is 0 Å². The minimum absolute atomic E-state index is 0.0171. The number of halogens is 1. The minimum Gasteiger partial charge on any atom is -0.411 e. The molecule has 0 saturated heterocycles. The molecule has 0 unspecified atom stereocenters. The largest absolute Gasteiger partial charge is 0.411 e. The van der Waals surface area contributed by atoms with E-state index in [4.69, 9.17) is 10.2 Å². The van der Waals surface area contributed by atoms with Crippen molar-refractivity contribution in [3.8, 4) is 11.5 Å². The van der Waals surface area contributed by atoms with Gasteiger partial charge in [0.05, 0.1) is 10.8 Å². The number of rotatable bonds is 5. The zero-order valence-electron chi connectivity index (χ0n) is 12.4. The summed E-state index contributed by atoms with van der Waals surface area (Å²) in [5, 5.41) is 9.04. The van der Waals surface area contributed by atoms with Crippen molar-refractivity contribution in [1.29, 1.82) is 0 Å². The Hall–Kier alpha value is -2.42. The van der Waals surface area contributed by atoms with Crippen LogP contribution in [0.3, 0.4) is 0 Å². The first-order chi connectivity index (χ1) is 10.9. The second-order valence-electron chi connectivity index (χ2n) is 4.99. The van der Waals surface area contributed by atoms with Gasteiger partial charge in [0, 0.05) is 0 Å². The minimum atomic E-state index is -0.932. The Kier molecular flexibility index (Phi) is 5.32. The van der Waals surface area contributed by atoms with E-state index in [1.807, 2.05) is 5.32 Å². The third kappa shape index (κ3) is 4.28. The Morgan fingerprint density at radius 1 is 1.30 bits per heavy atom. The molecule has 1 aromatic heterocycles. The molecule has 0 aliphatic heterocycles. The lowest BCUT2D eigenvalue weighted by Crippen LogP contribution is -2.42. The van der Waals surface area contributed by atoms with Crippen molar-refractivity contribution in [2.24, 2.45) is 11.7 Å². The van der Waals surface area contributed by atoms with Crippen LogP contribution < -0.4 is 11.1 Å².